The van der Waals surface area contributed by atoms with Crippen molar-refractivity contribution in [3.63, 3.8) is 0 Å². The highest BCUT2D eigenvalue weighted by molar-refractivity contribution is 9.10. The number of benzene rings is 1. The Morgan fingerprint density at radius 1 is 1.29 bits per heavy atom. The summed E-state index contributed by atoms with van der Waals surface area (Å²) in [6, 6.07) is 5.81. The van der Waals surface area contributed by atoms with Gasteiger partial charge in [-0.3, -0.25) is 4.98 Å². The molecule has 0 aliphatic heterocycles. The van der Waals surface area contributed by atoms with Gasteiger partial charge >= 0.3 is 0 Å². The van der Waals surface area contributed by atoms with Crippen LogP contribution >= 0.6 is 15.9 Å². The first-order chi connectivity index (χ1) is 8.19. The maximum absolute atomic E-state index is 5.67. The topological polar surface area (TPSA) is 47.0 Å². The van der Waals surface area contributed by atoms with Gasteiger partial charge in [0, 0.05) is 11.5 Å². The lowest BCUT2D eigenvalue weighted by molar-refractivity contribution is 0.457. The molecular formula is C12H12BrN3O. The zero-order chi connectivity index (χ0) is 12.3. The van der Waals surface area contributed by atoms with E-state index in [1.54, 1.807) is 19.4 Å². The molecule has 0 atom stereocenters. The van der Waals surface area contributed by atoms with Crippen molar-refractivity contribution >= 4 is 21.7 Å². The minimum Gasteiger partial charge on any atom is -0.437 e. The molecule has 2 aromatic rings. The van der Waals surface area contributed by atoms with Crippen LogP contribution < -0.4 is 10.1 Å². The van der Waals surface area contributed by atoms with E-state index in [2.05, 4.69) is 31.2 Å². The van der Waals surface area contributed by atoms with Gasteiger partial charge in [0.2, 0.25) is 5.88 Å². The molecule has 17 heavy (non-hydrogen) atoms. The van der Waals surface area contributed by atoms with Crippen molar-refractivity contribution in [3.8, 4) is 11.6 Å². The van der Waals surface area contributed by atoms with Crippen molar-refractivity contribution in [3.05, 3.63) is 40.6 Å². The van der Waals surface area contributed by atoms with Gasteiger partial charge in [0.05, 0.1) is 12.4 Å². The lowest BCUT2D eigenvalue weighted by atomic mass is 10.2. The highest BCUT2D eigenvalue weighted by Crippen LogP contribution is 2.26. The Morgan fingerprint density at radius 3 is 2.82 bits per heavy atom. The molecule has 0 unspecified atom stereocenters. The van der Waals surface area contributed by atoms with Gasteiger partial charge in [-0.25, -0.2) is 0 Å². The number of rotatable bonds is 3. The number of hydrogen-bond acceptors (Lipinski definition) is 4. The molecule has 1 heterocycles. The molecule has 0 amide bonds. The Labute approximate surface area is 108 Å². The molecule has 0 radical (unpaired) electrons. The third-order valence-corrected chi connectivity index (χ3v) is 2.71. The van der Waals surface area contributed by atoms with Gasteiger partial charge < -0.3 is 10.1 Å². The molecule has 5 heteroatoms. The van der Waals surface area contributed by atoms with E-state index >= 15 is 0 Å². The lowest BCUT2D eigenvalue weighted by Gasteiger charge is -2.08. The van der Waals surface area contributed by atoms with Crippen LogP contribution in [0.1, 0.15) is 5.56 Å². The highest BCUT2D eigenvalue weighted by Gasteiger charge is 2.04. The normalized spacial score (nSPS) is 10.1. The van der Waals surface area contributed by atoms with Gasteiger partial charge in [-0.1, -0.05) is 15.9 Å². The second kappa shape index (κ2) is 5.14. The van der Waals surface area contributed by atoms with Crippen LogP contribution in [0.15, 0.2) is 35.1 Å². The maximum atomic E-state index is 5.67. The van der Waals surface area contributed by atoms with E-state index in [-0.39, 0.29) is 0 Å². The van der Waals surface area contributed by atoms with E-state index in [4.69, 9.17) is 4.74 Å². The van der Waals surface area contributed by atoms with E-state index in [9.17, 15) is 0 Å². The van der Waals surface area contributed by atoms with Crippen LogP contribution in [-0.2, 0) is 0 Å². The van der Waals surface area contributed by atoms with Crippen LogP contribution in [0.3, 0.4) is 0 Å². The molecular weight excluding hydrogens is 282 g/mol. The minimum atomic E-state index is 0.474. The summed E-state index contributed by atoms with van der Waals surface area (Å²) in [5.74, 6) is 1.93. The van der Waals surface area contributed by atoms with E-state index < -0.39 is 0 Å². The molecule has 88 valence electrons. The monoisotopic (exact) mass is 293 g/mol. The summed E-state index contributed by atoms with van der Waals surface area (Å²) < 4.78 is 6.70. The van der Waals surface area contributed by atoms with Crippen LogP contribution in [0.2, 0.25) is 0 Å². The fraction of sp³-hybridized carbons (Fsp3) is 0.167. The van der Waals surface area contributed by atoms with Crippen LogP contribution in [0.5, 0.6) is 11.6 Å². The average Bonchev–Trinajstić information content (AvgIpc) is 2.33. The molecule has 0 aliphatic carbocycles. The van der Waals surface area contributed by atoms with Crippen molar-refractivity contribution in [1.82, 2.24) is 9.97 Å². The third kappa shape index (κ3) is 2.94. The Hall–Kier alpha value is -1.62. The Morgan fingerprint density at radius 2 is 2.12 bits per heavy atom. The molecule has 2 rings (SSSR count). The number of aryl methyl sites for hydroxylation is 1. The van der Waals surface area contributed by atoms with Gasteiger partial charge in [0.15, 0.2) is 0 Å². The van der Waals surface area contributed by atoms with Crippen LogP contribution in [0.25, 0.3) is 0 Å². The van der Waals surface area contributed by atoms with Crippen molar-refractivity contribution in [2.45, 2.75) is 6.92 Å². The molecule has 4 nitrogen and oxygen atoms in total. The Bertz CT molecular complexity index is 531. The largest absolute Gasteiger partial charge is 0.437 e. The van der Waals surface area contributed by atoms with Gasteiger partial charge in [-0.15, -0.1) is 0 Å². The zero-order valence-corrected chi connectivity index (χ0v) is 11.2. The molecule has 0 saturated heterocycles. The van der Waals surface area contributed by atoms with Crippen LogP contribution in [0, 0.1) is 6.92 Å². The first-order valence-corrected chi connectivity index (χ1v) is 5.92. The van der Waals surface area contributed by atoms with E-state index in [1.165, 1.54) is 0 Å². The van der Waals surface area contributed by atoms with Gasteiger partial charge in [-0.05, 0) is 30.7 Å². The van der Waals surface area contributed by atoms with Crippen LogP contribution in [-0.4, -0.2) is 17.0 Å². The van der Waals surface area contributed by atoms with Gasteiger partial charge in [0.1, 0.15) is 11.6 Å². The molecule has 0 spiro atoms. The molecule has 0 saturated carbocycles. The summed E-state index contributed by atoms with van der Waals surface area (Å²) in [4.78, 5) is 8.28. The van der Waals surface area contributed by atoms with E-state index in [0.717, 1.165) is 15.8 Å². The first-order valence-electron chi connectivity index (χ1n) is 5.13. The summed E-state index contributed by atoms with van der Waals surface area (Å²) in [6.07, 6.45) is 3.23. The summed E-state index contributed by atoms with van der Waals surface area (Å²) in [6.45, 7) is 1.98. The fourth-order valence-corrected chi connectivity index (χ4v) is 1.83. The Balaban J connectivity index is 2.25. The smallest absolute Gasteiger partial charge is 0.239 e. The lowest BCUT2D eigenvalue weighted by Crippen LogP contribution is -1.96. The molecule has 0 fully saturated rings. The molecule has 1 N–H and O–H groups in total. The maximum Gasteiger partial charge on any atom is 0.239 e. The average molecular weight is 294 g/mol. The number of nitrogens with one attached hydrogen (secondary N) is 1. The van der Waals surface area contributed by atoms with Crippen molar-refractivity contribution in [2.24, 2.45) is 0 Å². The van der Waals surface area contributed by atoms with Crippen LogP contribution in [0.4, 0.5) is 5.82 Å². The van der Waals surface area contributed by atoms with Gasteiger partial charge in [-0.2, -0.15) is 4.98 Å². The van der Waals surface area contributed by atoms with Crippen molar-refractivity contribution < 1.29 is 4.74 Å². The number of nitrogens with zero attached hydrogens (tertiary/aromatic N) is 2. The van der Waals surface area contributed by atoms with Crippen molar-refractivity contribution in [1.29, 1.82) is 0 Å². The summed E-state index contributed by atoms with van der Waals surface area (Å²) >= 11 is 3.41. The third-order valence-electron chi connectivity index (χ3n) is 2.22. The number of anilines is 1. The highest BCUT2D eigenvalue weighted by atomic mass is 79.9. The second-order valence-electron chi connectivity index (χ2n) is 3.50. The van der Waals surface area contributed by atoms with E-state index in [1.807, 2.05) is 25.1 Å². The van der Waals surface area contributed by atoms with E-state index in [0.29, 0.717) is 11.7 Å². The quantitative estimate of drug-likeness (QED) is 0.942. The van der Waals surface area contributed by atoms with Gasteiger partial charge in [0.25, 0.3) is 0 Å². The van der Waals surface area contributed by atoms with Crippen molar-refractivity contribution in [2.75, 3.05) is 12.4 Å². The molecule has 0 bridgehead atoms. The fourth-order valence-electron chi connectivity index (χ4n) is 1.36. The summed E-state index contributed by atoms with van der Waals surface area (Å²) in [5.41, 5.74) is 1.04. The molecule has 1 aromatic carbocycles. The summed E-state index contributed by atoms with van der Waals surface area (Å²) in [7, 11) is 1.79. The molecule has 1 aromatic heterocycles. The number of hydrogen-bond donors (Lipinski definition) is 1. The first kappa shape index (κ1) is 11.9. The predicted octanol–water partition coefficient (Wildman–Crippen LogP) is 3.38. The Kier molecular flexibility index (Phi) is 3.58. The number of halogens is 1. The summed E-state index contributed by atoms with van der Waals surface area (Å²) in [5, 5.41) is 2.92. The SMILES string of the molecule is CNc1cncc(Oc2ccc(Br)cc2C)n1. The minimum absolute atomic E-state index is 0.474. The number of ether oxygens (including phenoxy) is 1. The molecule has 0 aliphatic rings. The standard InChI is InChI=1S/C12H12BrN3O/c1-8-5-9(13)3-4-10(8)17-12-7-15-6-11(14-2)16-12/h3-7H,1-2H3,(H,14,16). The zero-order valence-electron chi connectivity index (χ0n) is 9.57. The predicted molar refractivity (Wildman–Crippen MR) is 70.5 cm³/mol. The number of aromatic nitrogens is 2. The second-order valence-corrected chi connectivity index (χ2v) is 4.42.